The van der Waals surface area contributed by atoms with E-state index in [1.54, 1.807) is 0 Å². The lowest BCUT2D eigenvalue weighted by molar-refractivity contribution is 0.181. The number of aliphatic imine (C=N–C) groups is 1. The molecule has 1 N–H and O–H groups in total. The molecule has 1 unspecified atom stereocenters. The quantitative estimate of drug-likeness (QED) is 0.362. The molecule has 1 aromatic rings. The molecule has 0 aromatic heterocycles. The molecule has 0 bridgehead atoms. The first kappa shape index (κ1) is 22.3. The molecule has 1 atom stereocenters. The molecule has 27 heavy (non-hydrogen) atoms. The number of guanidine groups is 1. The highest BCUT2D eigenvalue weighted by atomic mass is 127. The smallest absolute Gasteiger partial charge is 0.193 e. The van der Waals surface area contributed by atoms with Crippen LogP contribution in [-0.2, 0) is 11.2 Å². The molecule has 0 spiro atoms. The van der Waals surface area contributed by atoms with E-state index in [1.807, 2.05) is 7.05 Å². The predicted octanol–water partition coefficient (Wildman–Crippen LogP) is 3.71. The molecule has 0 radical (unpaired) electrons. The Morgan fingerprint density at radius 3 is 2.59 bits per heavy atom. The van der Waals surface area contributed by atoms with Crippen LogP contribution < -0.4 is 10.1 Å². The summed E-state index contributed by atoms with van der Waals surface area (Å²) in [5.74, 6) is 2.58. The predicted molar refractivity (Wildman–Crippen MR) is 121 cm³/mol. The number of ether oxygens (including phenoxy) is 2. The van der Waals surface area contributed by atoms with Crippen LogP contribution in [0.1, 0.15) is 37.7 Å². The molecule has 1 aliphatic heterocycles. The van der Waals surface area contributed by atoms with Crippen molar-refractivity contribution < 1.29 is 9.47 Å². The van der Waals surface area contributed by atoms with Gasteiger partial charge in [-0.1, -0.05) is 12.1 Å². The molecule has 1 aliphatic carbocycles. The van der Waals surface area contributed by atoms with E-state index in [0.29, 0.717) is 12.0 Å². The number of rotatable bonds is 7. The second-order valence-electron chi connectivity index (χ2n) is 7.50. The number of benzene rings is 1. The van der Waals surface area contributed by atoms with Crippen LogP contribution >= 0.6 is 24.0 Å². The van der Waals surface area contributed by atoms with E-state index >= 15 is 0 Å². The minimum Gasteiger partial charge on any atom is -0.490 e. The molecule has 152 valence electrons. The normalized spacial score (nSPS) is 20.4. The van der Waals surface area contributed by atoms with Crippen molar-refractivity contribution in [3.05, 3.63) is 29.8 Å². The van der Waals surface area contributed by atoms with Gasteiger partial charge < -0.3 is 19.7 Å². The minimum absolute atomic E-state index is 0. The van der Waals surface area contributed by atoms with Gasteiger partial charge in [0.15, 0.2) is 5.96 Å². The second kappa shape index (κ2) is 11.7. The van der Waals surface area contributed by atoms with Crippen molar-refractivity contribution in [3.63, 3.8) is 0 Å². The van der Waals surface area contributed by atoms with Gasteiger partial charge in [0.2, 0.25) is 0 Å². The number of nitrogens with zero attached hydrogens (tertiary/aromatic N) is 2. The van der Waals surface area contributed by atoms with Crippen molar-refractivity contribution in [1.82, 2.24) is 10.2 Å². The fourth-order valence-corrected chi connectivity index (χ4v) is 3.84. The molecule has 1 heterocycles. The van der Waals surface area contributed by atoms with Gasteiger partial charge in [-0.15, -0.1) is 24.0 Å². The average molecular weight is 487 g/mol. The molecular weight excluding hydrogens is 453 g/mol. The molecular formula is C21H34IN3O2. The van der Waals surface area contributed by atoms with Crippen LogP contribution in [0, 0.1) is 5.92 Å². The van der Waals surface area contributed by atoms with Crippen LogP contribution in [0.4, 0.5) is 0 Å². The molecule has 2 fully saturated rings. The highest BCUT2D eigenvalue weighted by molar-refractivity contribution is 14.0. The Morgan fingerprint density at radius 2 is 1.96 bits per heavy atom. The molecule has 3 rings (SSSR count). The van der Waals surface area contributed by atoms with Gasteiger partial charge >= 0.3 is 0 Å². The first-order valence-corrected chi connectivity index (χ1v) is 9.99. The summed E-state index contributed by atoms with van der Waals surface area (Å²) in [4.78, 5) is 6.61. The largest absolute Gasteiger partial charge is 0.490 e. The van der Waals surface area contributed by atoms with Gasteiger partial charge in [0.25, 0.3) is 0 Å². The van der Waals surface area contributed by atoms with Crippen LogP contribution in [-0.4, -0.2) is 57.4 Å². The summed E-state index contributed by atoms with van der Waals surface area (Å²) in [6.07, 6.45) is 7.55. The van der Waals surface area contributed by atoms with Gasteiger partial charge in [-0.3, -0.25) is 4.99 Å². The van der Waals surface area contributed by atoms with Crippen molar-refractivity contribution >= 4 is 29.9 Å². The summed E-state index contributed by atoms with van der Waals surface area (Å²) in [5.41, 5.74) is 1.32. The van der Waals surface area contributed by atoms with Gasteiger partial charge in [0.05, 0.1) is 12.7 Å². The first-order valence-electron chi connectivity index (χ1n) is 9.99. The lowest BCUT2D eigenvalue weighted by Crippen LogP contribution is -2.42. The Bertz CT molecular complexity index is 567. The van der Waals surface area contributed by atoms with Gasteiger partial charge in [-0.05, 0) is 56.2 Å². The van der Waals surface area contributed by atoms with E-state index in [9.17, 15) is 0 Å². The zero-order valence-corrected chi connectivity index (χ0v) is 19.0. The third kappa shape index (κ3) is 7.14. The summed E-state index contributed by atoms with van der Waals surface area (Å²) in [6.45, 7) is 3.63. The molecule has 2 aliphatic rings. The maximum Gasteiger partial charge on any atom is 0.193 e. The SMILES string of the molecule is CN=C(NCCc1ccc(OC2CCCC2)cc1)N(C)CC1CCOC1.I. The maximum atomic E-state index is 6.03. The number of halogens is 1. The van der Waals surface area contributed by atoms with Gasteiger partial charge in [0, 0.05) is 39.7 Å². The summed E-state index contributed by atoms with van der Waals surface area (Å²) >= 11 is 0. The number of nitrogens with one attached hydrogen (secondary N) is 1. The standard InChI is InChI=1S/C21H33N3O2.HI/c1-22-21(24(2)15-18-12-14-25-16-18)23-13-11-17-7-9-20(10-8-17)26-19-5-3-4-6-19;/h7-10,18-19H,3-6,11-16H2,1-2H3,(H,22,23);1H. The zero-order valence-electron chi connectivity index (χ0n) is 16.7. The Kier molecular flexibility index (Phi) is 9.68. The van der Waals surface area contributed by atoms with E-state index in [2.05, 4.69) is 46.5 Å². The lowest BCUT2D eigenvalue weighted by atomic mass is 10.1. The molecule has 6 heteroatoms. The van der Waals surface area contributed by atoms with Crippen molar-refractivity contribution in [2.75, 3.05) is 40.4 Å². The topological polar surface area (TPSA) is 46.1 Å². The van der Waals surface area contributed by atoms with Crippen LogP contribution in [0.2, 0.25) is 0 Å². The molecule has 1 saturated carbocycles. The van der Waals surface area contributed by atoms with Crippen molar-refractivity contribution in [1.29, 1.82) is 0 Å². The van der Waals surface area contributed by atoms with Crippen molar-refractivity contribution in [2.24, 2.45) is 10.9 Å². The Hall–Kier alpha value is -1.02. The Morgan fingerprint density at radius 1 is 1.22 bits per heavy atom. The van der Waals surface area contributed by atoms with Crippen LogP contribution in [0.25, 0.3) is 0 Å². The van der Waals surface area contributed by atoms with Crippen LogP contribution in [0.15, 0.2) is 29.3 Å². The fraction of sp³-hybridized carbons (Fsp3) is 0.667. The van der Waals surface area contributed by atoms with Gasteiger partial charge in [-0.25, -0.2) is 0 Å². The fourth-order valence-electron chi connectivity index (χ4n) is 3.84. The van der Waals surface area contributed by atoms with E-state index in [0.717, 1.165) is 50.9 Å². The summed E-state index contributed by atoms with van der Waals surface area (Å²) in [5, 5.41) is 3.47. The first-order chi connectivity index (χ1) is 12.7. The summed E-state index contributed by atoms with van der Waals surface area (Å²) < 4.78 is 11.5. The number of hydrogen-bond acceptors (Lipinski definition) is 3. The zero-order chi connectivity index (χ0) is 18.2. The van der Waals surface area contributed by atoms with Gasteiger partial charge in [-0.2, -0.15) is 0 Å². The number of hydrogen-bond donors (Lipinski definition) is 1. The highest BCUT2D eigenvalue weighted by Gasteiger charge is 2.19. The Balaban J connectivity index is 0.00000261. The lowest BCUT2D eigenvalue weighted by Gasteiger charge is -2.24. The Labute approximate surface area is 180 Å². The molecule has 1 aromatic carbocycles. The third-order valence-corrected chi connectivity index (χ3v) is 5.35. The summed E-state index contributed by atoms with van der Waals surface area (Å²) in [6, 6.07) is 8.56. The molecule has 5 nitrogen and oxygen atoms in total. The molecule has 0 amide bonds. The monoisotopic (exact) mass is 487 g/mol. The van der Waals surface area contributed by atoms with E-state index < -0.39 is 0 Å². The summed E-state index contributed by atoms with van der Waals surface area (Å²) in [7, 11) is 3.95. The minimum atomic E-state index is 0. The van der Waals surface area contributed by atoms with Crippen LogP contribution in [0.5, 0.6) is 5.75 Å². The second-order valence-corrected chi connectivity index (χ2v) is 7.50. The third-order valence-electron chi connectivity index (χ3n) is 5.35. The van der Waals surface area contributed by atoms with Crippen molar-refractivity contribution in [3.8, 4) is 5.75 Å². The maximum absolute atomic E-state index is 6.03. The van der Waals surface area contributed by atoms with E-state index in [-0.39, 0.29) is 24.0 Å². The van der Waals surface area contributed by atoms with Crippen LogP contribution in [0.3, 0.4) is 0 Å². The molecule has 1 saturated heterocycles. The van der Waals surface area contributed by atoms with E-state index in [1.165, 1.54) is 31.2 Å². The highest BCUT2D eigenvalue weighted by Crippen LogP contribution is 2.24. The average Bonchev–Trinajstić information content (AvgIpc) is 3.34. The van der Waals surface area contributed by atoms with E-state index in [4.69, 9.17) is 9.47 Å². The van der Waals surface area contributed by atoms with Crippen molar-refractivity contribution in [2.45, 2.75) is 44.6 Å². The van der Waals surface area contributed by atoms with Gasteiger partial charge in [0.1, 0.15) is 5.75 Å².